The third-order valence-corrected chi connectivity index (χ3v) is 1.73. The lowest BCUT2D eigenvalue weighted by molar-refractivity contribution is -0.167. The zero-order chi connectivity index (χ0) is 10.5. The van der Waals surface area contributed by atoms with Gasteiger partial charge in [-0.15, -0.1) is 0 Å². The molecule has 0 heterocycles. The molecule has 13 heavy (non-hydrogen) atoms. The zero-order valence-electron chi connectivity index (χ0n) is 7.74. The van der Waals surface area contributed by atoms with Crippen LogP contribution in [-0.2, 0) is 14.3 Å². The van der Waals surface area contributed by atoms with Crippen LogP contribution < -0.4 is 0 Å². The molecule has 1 atom stereocenters. The van der Waals surface area contributed by atoms with Crippen molar-refractivity contribution in [3.05, 3.63) is 0 Å². The molecule has 0 aromatic carbocycles. The smallest absolute Gasteiger partial charge is 0.336 e. The highest BCUT2D eigenvalue weighted by atomic mass is 16.5. The van der Waals surface area contributed by atoms with Crippen LogP contribution in [-0.4, -0.2) is 34.4 Å². The van der Waals surface area contributed by atoms with Gasteiger partial charge in [0.05, 0.1) is 13.0 Å². The molecule has 0 aliphatic carbocycles. The molecule has 2 N–H and O–H groups in total. The van der Waals surface area contributed by atoms with Crippen molar-refractivity contribution < 1.29 is 24.5 Å². The fourth-order valence-electron chi connectivity index (χ4n) is 0.803. The van der Waals surface area contributed by atoms with Crippen molar-refractivity contribution in [2.45, 2.75) is 32.3 Å². The minimum Gasteiger partial charge on any atom is -0.479 e. The molecule has 0 saturated heterocycles. The van der Waals surface area contributed by atoms with E-state index in [1.54, 1.807) is 6.92 Å². The molecule has 76 valence electrons. The first-order valence-electron chi connectivity index (χ1n) is 4.07. The predicted octanol–water partition coefficient (Wildman–Crippen LogP) is 0.165. The summed E-state index contributed by atoms with van der Waals surface area (Å²) in [5, 5.41) is 18.0. The van der Waals surface area contributed by atoms with Crippen molar-refractivity contribution in [3.63, 3.8) is 0 Å². The Bertz CT molecular complexity index is 201. The Hall–Kier alpha value is -1.10. The lowest BCUT2D eigenvalue weighted by atomic mass is 9.97. The van der Waals surface area contributed by atoms with E-state index in [0.717, 1.165) is 0 Å². The third kappa shape index (κ3) is 3.42. The number of carbonyl (C=O) groups is 2. The van der Waals surface area contributed by atoms with Crippen LogP contribution in [0.5, 0.6) is 0 Å². The fourth-order valence-corrected chi connectivity index (χ4v) is 0.803. The van der Waals surface area contributed by atoms with Crippen molar-refractivity contribution in [1.82, 2.24) is 0 Å². The largest absolute Gasteiger partial charge is 0.479 e. The monoisotopic (exact) mass is 190 g/mol. The lowest BCUT2D eigenvalue weighted by Crippen LogP contribution is -2.40. The van der Waals surface area contributed by atoms with Crippen LogP contribution in [0.3, 0.4) is 0 Å². The van der Waals surface area contributed by atoms with Gasteiger partial charge in [0.2, 0.25) is 0 Å². The molecule has 0 aromatic heterocycles. The van der Waals surface area contributed by atoms with E-state index in [2.05, 4.69) is 4.74 Å². The van der Waals surface area contributed by atoms with Gasteiger partial charge in [0.15, 0.2) is 5.60 Å². The number of rotatable bonds is 5. The highest BCUT2D eigenvalue weighted by Gasteiger charge is 2.36. The molecule has 5 nitrogen and oxygen atoms in total. The van der Waals surface area contributed by atoms with Gasteiger partial charge < -0.3 is 14.9 Å². The van der Waals surface area contributed by atoms with Crippen LogP contribution >= 0.6 is 0 Å². The van der Waals surface area contributed by atoms with Crippen molar-refractivity contribution in [3.8, 4) is 0 Å². The topological polar surface area (TPSA) is 83.8 Å². The van der Waals surface area contributed by atoms with Crippen molar-refractivity contribution in [1.29, 1.82) is 0 Å². The number of carboxylic acid groups (broad SMARTS) is 1. The first-order chi connectivity index (χ1) is 5.96. The van der Waals surface area contributed by atoms with Crippen LogP contribution in [0.2, 0.25) is 0 Å². The summed E-state index contributed by atoms with van der Waals surface area (Å²) >= 11 is 0. The van der Waals surface area contributed by atoms with E-state index in [-0.39, 0.29) is 13.0 Å². The Morgan fingerprint density at radius 1 is 1.38 bits per heavy atom. The lowest BCUT2D eigenvalue weighted by Gasteiger charge is -2.19. The molecule has 0 amide bonds. The molecule has 0 aromatic rings. The average Bonchev–Trinajstić information content (AvgIpc) is 2.04. The molecule has 0 aliphatic rings. The standard InChI is InChI=1S/C8H14O5/c1-3-8(12,7(10)11)5-6(9)13-4-2/h12H,3-5H2,1-2H3,(H,10,11). The summed E-state index contributed by atoms with van der Waals surface area (Å²) in [5.74, 6) is -2.10. The maximum absolute atomic E-state index is 10.9. The van der Waals surface area contributed by atoms with Crippen LogP contribution in [0.4, 0.5) is 0 Å². The molecule has 0 aliphatic heterocycles. The molecular weight excluding hydrogens is 176 g/mol. The molecule has 0 radical (unpaired) electrons. The van der Waals surface area contributed by atoms with Crippen LogP contribution in [0.15, 0.2) is 0 Å². The number of aliphatic carboxylic acids is 1. The Balaban J connectivity index is 4.27. The molecule has 0 bridgehead atoms. The second-order valence-electron chi connectivity index (χ2n) is 2.67. The van der Waals surface area contributed by atoms with E-state index in [0.29, 0.717) is 0 Å². The Kier molecular flexibility index (Phi) is 4.40. The fraction of sp³-hybridized carbons (Fsp3) is 0.750. The summed E-state index contributed by atoms with van der Waals surface area (Å²) in [6, 6.07) is 0. The highest BCUT2D eigenvalue weighted by molar-refractivity contribution is 5.84. The minimum atomic E-state index is -1.99. The molecule has 0 fully saturated rings. The first kappa shape index (κ1) is 11.9. The summed E-state index contributed by atoms with van der Waals surface area (Å²) in [7, 11) is 0. The van der Waals surface area contributed by atoms with Crippen LogP contribution in [0.1, 0.15) is 26.7 Å². The van der Waals surface area contributed by atoms with Gasteiger partial charge >= 0.3 is 11.9 Å². The van der Waals surface area contributed by atoms with Gasteiger partial charge in [-0.1, -0.05) is 6.92 Å². The summed E-state index contributed by atoms with van der Waals surface area (Å²) in [6.45, 7) is 3.29. The molecule has 0 saturated carbocycles. The van der Waals surface area contributed by atoms with Gasteiger partial charge in [-0.2, -0.15) is 0 Å². The summed E-state index contributed by atoms with van der Waals surface area (Å²) in [4.78, 5) is 21.4. The Labute approximate surface area is 76.3 Å². The first-order valence-corrected chi connectivity index (χ1v) is 4.07. The number of aliphatic hydroxyl groups is 1. The van der Waals surface area contributed by atoms with E-state index < -0.39 is 24.0 Å². The number of ether oxygens (including phenoxy) is 1. The predicted molar refractivity (Wildman–Crippen MR) is 44.1 cm³/mol. The van der Waals surface area contributed by atoms with E-state index in [4.69, 9.17) is 5.11 Å². The maximum atomic E-state index is 10.9. The molecule has 1 unspecified atom stereocenters. The highest BCUT2D eigenvalue weighted by Crippen LogP contribution is 2.15. The maximum Gasteiger partial charge on any atom is 0.336 e. The number of carbonyl (C=O) groups excluding carboxylic acids is 1. The summed E-state index contributed by atoms with van der Waals surface area (Å²) < 4.78 is 4.53. The Morgan fingerprint density at radius 2 is 1.92 bits per heavy atom. The second kappa shape index (κ2) is 4.81. The van der Waals surface area contributed by atoms with Crippen molar-refractivity contribution >= 4 is 11.9 Å². The van der Waals surface area contributed by atoms with Crippen LogP contribution in [0, 0.1) is 0 Å². The average molecular weight is 190 g/mol. The normalized spacial score (nSPS) is 14.7. The van der Waals surface area contributed by atoms with Gasteiger partial charge in [0.25, 0.3) is 0 Å². The van der Waals surface area contributed by atoms with E-state index >= 15 is 0 Å². The number of esters is 1. The van der Waals surface area contributed by atoms with Crippen molar-refractivity contribution in [2.75, 3.05) is 6.61 Å². The third-order valence-electron chi connectivity index (χ3n) is 1.73. The minimum absolute atomic E-state index is 0.0266. The van der Waals surface area contributed by atoms with Gasteiger partial charge in [-0.3, -0.25) is 4.79 Å². The quantitative estimate of drug-likeness (QED) is 0.603. The van der Waals surface area contributed by atoms with Gasteiger partial charge in [0.1, 0.15) is 0 Å². The van der Waals surface area contributed by atoms with Gasteiger partial charge in [-0.25, -0.2) is 4.79 Å². The van der Waals surface area contributed by atoms with E-state index in [9.17, 15) is 14.7 Å². The van der Waals surface area contributed by atoms with Gasteiger partial charge in [0, 0.05) is 0 Å². The molecular formula is C8H14O5. The van der Waals surface area contributed by atoms with Gasteiger partial charge in [-0.05, 0) is 13.3 Å². The second-order valence-corrected chi connectivity index (χ2v) is 2.67. The number of hydrogen-bond donors (Lipinski definition) is 2. The summed E-state index contributed by atoms with van der Waals surface area (Å²) in [5.41, 5.74) is -1.99. The molecule has 5 heteroatoms. The van der Waals surface area contributed by atoms with E-state index in [1.807, 2.05) is 0 Å². The zero-order valence-corrected chi connectivity index (χ0v) is 7.74. The number of carboxylic acids is 1. The molecule has 0 spiro atoms. The number of hydrogen-bond acceptors (Lipinski definition) is 4. The van der Waals surface area contributed by atoms with Crippen LogP contribution in [0.25, 0.3) is 0 Å². The Morgan fingerprint density at radius 3 is 2.23 bits per heavy atom. The van der Waals surface area contributed by atoms with Crippen molar-refractivity contribution in [2.24, 2.45) is 0 Å². The summed E-state index contributed by atoms with van der Waals surface area (Å²) in [6.07, 6.45) is -0.534. The molecule has 0 rings (SSSR count). The SMILES string of the molecule is CCOC(=O)CC(O)(CC)C(=O)O. The van der Waals surface area contributed by atoms with E-state index in [1.165, 1.54) is 6.92 Å².